The standard InChI is InChI=1S/C7H11FO5/c1-11-7(10)12-3-4-2-5(8)6(9)13-4/h4-6,9H,2-3H2,1H3. The van der Waals surface area contributed by atoms with Crippen LogP contribution in [0.4, 0.5) is 9.18 Å². The van der Waals surface area contributed by atoms with E-state index >= 15 is 0 Å². The lowest BCUT2D eigenvalue weighted by molar-refractivity contribution is -0.122. The van der Waals surface area contributed by atoms with E-state index in [4.69, 9.17) is 9.84 Å². The second-order valence-electron chi connectivity index (χ2n) is 2.67. The number of hydrogen-bond donors (Lipinski definition) is 1. The zero-order valence-electron chi connectivity index (χ0n) is 7.10. The van der Waals surface area contributed by atoms with Gasteiger partial charge in [-0.2, -0.15) is 0 Å². The summed E-state index contributed by atoms with van der Waals surface area (Å²) in [6.07, 6.45) is -4.24. The summed E-state index contributed by atoms with van der Waals surface area (Å²) < 4.78 is 26.0. The van der Waals surface area contributed by atoms with Gasteiger partial charge in [0, 0.05) is 6.42 Å². The molecule has 0 bridgehead atoms. The van der Waals surface area contributed by atoms with Crippen LogP contribution in [0.25, 0.3) is 0 Å². The van der Waals surface area contributed by atoms with Gasteiger partial charge in [0.05, 0.1) is 13.2 Å². The molecule has 5 nitrogen and oxygen atoms in total. The average Bonchev–Trinajstić information content (AvgIpc) is 2.42. The summed E-state index contributed by atoms with van der Waals surface area (Å²) in [6.45, 7) is -0.107. The SMILES string of the molecule is COC(=O)OCC1CC(F)C(O)O1. The molecule has 0 amide bonds. The van der Waals surface area contributed by atoms with Gasteiger partial charge in [-0.15, -0.1) is 0 Å². The van der Waals surface area contributed by atoms with Crippen molar-refractivity contribution < 1.29 is 28.5 Å². The van der Waals surface area contributed by atoms with Gasteiger partial charge in [-0.3, -0.25) is 0 Å². The van der Waals surface area contributed by atoms with E-state index in [0.29, 0.717) is 0 Å². The summed E-state index contributed by atoms with van der Waals surface area (Å²) in [5, 5.41) is 8.82. The van der Waals surface area contributed by atoms with E-state index in [1.165, 1.54) is 7.11 Å². The molecular weight excluding hydrogens is 183 g/mol. The van der Waals surface area contributed by atoms with Crippen molar-refractivity contribution in [3.05, 3.63) is 0 Å². The number of ether oxygens (including phenoxy) is 3. The highest BCUT2D eigenvalue weighted by Crippen LogP contribution is 2.21. The Morgan fingerprint density at radius 1 is 1.77 bits per heavy atom. The van der Waals surface area contributed by atoms with Gasteiger partial charge in [-0.1, -0.05) is 0 Å². The molecule has 6 heteroatoms. The maximum absolute atomic E-state index is 12.6. The molecule has 0 radical (unpaired) electrons. The predicted octanol–water partition coefficient (Wildman–Crippen LogP) is 0.215. The first-order valence-electron chi connectivity index (χ1n) is 3.82. The first kappa shape index (κ1) is 10.2. The van der Waals surface area contributed by atoms with Crippen molar-refractivity contribution in [2.45, 2.75) is 25.0 Å². The van der Waals surface area contributed by atoms with E-state index in [9.17, 15) is 9.18 Å². The average molecular weight is 194 g/mol. The number of carbonyl (C=O) groups excluding carboxylic acids is 1. The summed E-state index contributed by atoms with van der Waals surface area (Å²) in [7, 11) is 1.17. The van der Waals surface area contributed by atoms with Crippen molar-refractivity contribution in [3.8, 4) is 0 Å². The minimum atomic E-state index is -1.41. The zero-order chi connectivity index (χ0) is 9.84. The maximum Gasteiger partial charge on any atom is 0.508 e. The van der Waals surface area contributed by atoms with Gasteiger partial charge in [0.2, 0.25) is 0 Å². The second-order valence-corrected chi connectivity index (χ2v) is 2.67. The third-order valence-corrected chi connectivity index (χ3v) is 1.68. The Kier molecular flexibility index (Phi) is 3.44. The van der Waals surface area contributed by atoms with E-state index in [-0.39, 0.29) is 13.0 Å². The largest absolute Gasteiger partial charge is 0.508 e. The van der Waals surface area contributed by atoms with Crippen LogP contribution in [0.15, 0.2) is 0 Å². The minimum Gasteiger partial charge on any atom is -0.438 e. The van der Waals surface area contributed by atoms with Gasteiger partial charge < -0.3 is 19.3 Å². The van der Waals surface area contributed by atoms with E-state index in [1.54, 1.807) is 0 Å². The maximum atomic E-state index is 12.6. The van der Waals surface area contributed by atoms with Crippen molar-refractivity contribution in [1.29, 1.82) is 0 Å². The molecule has 0 aromatic heterocycles. The Bertz CT molecular complexity index is 176. The van der Waals surface area contributed by atoms with Gasteiger partial charge in [0.15, 0.2) is 12.5 Å². The van der Waals surface area contributed by atoms with Gasteiger partial charge in [0.1, 0.15) is 6.61 Å². The van der Waals surface area contributed by atoms with E-state index in [1.807, 2.05) is 0 Å². The molecule has 1 fully saturated rings. The first-order chi connectivity index (χ1) is 6.13. The van der Waals surface area contributed by atoms with E-state index < -0.39 is 24.7 Å². The van der Waals surface area contributed by atoms with Crippen molar-refractivity contribution in [2.24, 2.45) is 0 Å². The first-order valence-corrected chi connectivity index (χ1v) is 3.82. The van der Waals surface area contributed by atoms with Crippen LogP contribution >= 0.6 is 0 Å². The fourth-order valence-corrected chi connectivity index (χ4v) is 1.03. The van der Waals surface area contributed by atoms with Crippen molar-refractivity contribution >= 4 is 6.16 Å². The Morgan fingerprint density at radius 2 is 2.46 bits per heavy atom. The summed E-state index contributed by atoms with van der Waals surface area (Å²) in [4.78, 5) is 10.5. The molecule has 0 aromatic rings. The van der Waals surface area contributed by atoms with E-state index in [2.05, 4.69) is 9.47 Å². The molecule has 1 N–H and O–H groups in total. The minimum absolute atomic E-state index is 0.0260. The highest BCUT2D eigenvalue weighted by Gasteiger charge is 2.34. The Hall–Kier alpha value is -0.880. The summed E-state index contributed by atoms with van der Waals surface area (Å²) in [5.41, 5.74) is 0. The molecule has 0 aromatic carbocycles. The quantitative estimate of drug-likeness (QED) is 0.637. The van der Waals surface area contributed by atoms with Gasteiger partial charge >= 0.3 is 6.16 Å². The number of hydrogen-bond acceptors (Lipinski definition) is 5. The van der Waals surface area contributed by atoms with Crippen LogP contribution in [0.1, 0.15) is 6.42 Å². The molecule has 1 aliphatic heterocycles. The monoisotopic (exact) mass is 194 g/mol. The molecule has 1 rings (SSSR count). The summed E-state index contributed by atoms with van der Waals surface area (Å²) in [5.74, 6) is 0. The van der Waals surface area contributed by atoms with Crippen LogP contribution in [-0.4, -0.2) is 43.5 Å². The number of halogens is 1. The fourth-order valence-electron chi connectivity index (χ4n) is 1.03. The van der Waals surface area contributed by atoms with Crippen LogP contribution in [0.5, 0.6) is 0 Å². The van der Waals surface area contributed by atoms with Crippen molar-refractivity contribution in [3.63, 3.8) is 0 Å². The van der Waals surface area contributed by atoms with Crippen LogP contribution in [0, 0.1) is 0 Å². The van der Waals surface area contributed by atoms with Crippen molar-refractivity contribution in [1.82, 2.24) is 0 Å². The highest BCUT2D eigenvalue weighted by molar-refractivity contribution is 5.59. The van der Waals surface area contributed by atoms with Crippen LogP contribution in [0.2, 0.25) is 0 Å². The lowest BCUT2D eigenvalue weighted by Gasteiger charge is -2.09. The number of alkyl halides is 1. The lowest BCUT2D eigenvalue weighted by Crippen LogP contribution is -2.19. The Labute approximate surface area is 74.4 Å². The number of rotatable bonds is 2. The number of methoxy groups -OCH3 is 1. The molecule has 0 spiro atoms. The molecule has 1 aliphatic rings. The second kappa shape index (κ2) is 4.38. The smallest absolute Gasteiger partial charge is 0.438 e. The molecule has 1 saturated heterocycles. The molecule has 13 heavy (non-hydrogen) atoms. The topological polar surface area (TPSA) is 65.0 Å². The van der Waals surface area contributed by atoms with Crippen molar-refractivity contribution in [2.75, 3.05) is 13.7 Å². The van der Waals surface area contributed by atoms with Gasteiger partial charge in [-0.25, -0.2) is 9.18 Å². The molecule has 1 heterocycles. The van der Waals surface area contributed by atoms with Crippen LogP contribution in [-0.2, 0) is 14.2 Å². The van der Waals surface area contributed by atoms with E-state index in [0.717, 1.165) is 0 Å². The van der Waals surface area contributed by atoms with Crippen LogP contribution in [0.3, 0.4) is 0 Å². The molecule has 3 atom stereocenters. The third-order valence-electron chi connectivity index (χ3n) is 1.68. The normalized spacial score (nSPS) is 33.0. The molecular formula is C7H11FO5. The Morgan fingerprint density at radius 3 is 2.92 bits per heavy atom. The predicted molar refractivity (Wildman–Crippen MR) is 38.7 cm³/mol. The summed E-state index contributed by atoms with van der Waals surface area (Å²) in [6, 6.07) is 0. The molecule has 76 valence electrons. The molecule has 3 unspecified atom stereocenters. The van der Waals surface area contributed by atoms with Crippen LogP contribution < -0.4 is 0 Å². The number of carbonyl (C=O) groups is 1. The highest BCUT2D eigenvalue weighted by atomic mass is 19.1. The lowest BCUT2D eigenvalue weighted by atomic mass is 10.2. The van der Waals surface area contributed by atoms with Gasteiger partial charge in [-0.05, 0) is 0 Å². The molecule has 0 saturated carbocycles. The molecule has 0 aliphatic carbocycles. The number of aliphatic hydroxyl groups is 1. The zero-order valence-corrected chi connectivity index (χ0v) is 7.10. The third kappa shape index (κ3) is 2.82. The Balaban J connectivity index is 2.20. The van der Waals surface area contributed by atoms with Gasteiger partial charge in [0.25, 0.3) is 0 Å². The fraction of sp³-hybridized carbons (Fsp3) is 0.857. The number of aliphatic hydroxyl groups excluding tert-OH is 1. The summed E-state index contributed by atoms with van der Waals surface area (Å²) >= 11 is 0.